The molecule has 0 aliphatic carbocycles. The normalized spacial score (nSPS) is 22.3. The van der Waals surface area contributed by atoms with Gasteiger partial charge in [-0.15, -0.1) is 0 Å². The summed E-state index contributed by atoms with van der Waals surface area (Å²) in [4.78, 5) is 37.2. The Morgan fingerprint density at radius 2 is 2.00 bits per heavy atom. The van der Waals surface area contributed by atoms with Gasteiger partial charge in [0.1, 0.15) is 0 Å². The first-order valence-electron chi connectivity index (χ1n) is 5.97. The van der Waals surface area contributed by atoms with Crippen LogP contribution in [0.4, 0.5) is 13.2 Å². The molecule has 0 aromatic carbocycles. The minimum absolute atomic E-state index is 0.0780. The molecule has 0 spiro atoms. The van der Waals surface area contributed by atoms with Crippen molar-refractivity contribution in [3.05, 3.63) is 34.2 Å². The molecule has 9 heteroatoms. The van der Waals surface area contributed by atoms with E-state index in [4.69, 9.17) is 5.11 Å². The highest BCUT2D eigenvalue weighted by atomic mass is 19.4. The van der Waals surface area contributed by atoms with E-state index in [1.54, 1.807) is 0 Å². The maximum Gasteiger partial charge on any atom is 0.394 e. The van der Waals surface area contributed by atoms with Crippen LogP contribution in [0.3, 0.4) is 0 Å². The topological polar surface area (TPSA) is 90.5 Å². The van der Waals surface area contributed by atoms with Crippen molar-refractivity contribution >= 4 is 11.9 Å². The van der Waals surface area contributed by atoms with E-state index in [9.17, 15) is 27.6 Å². The van der Waals surface area contributed by atoms with Crippen LogP contribution in [0.1, 0.15) is 10.4 Å². The molecule has 2 N–H and O–H groups in total. The van der Waals surface area contributed by atoms with Gasteiger partial charge in [0.05, 0.1) is 11.8 Å². The standard InChI is InChI=1S/C12H11F3N2O4/c13-12(14,15)8-5-17(4-7(8)11(20)21)10(19)6-1-2-16-9(18)3-6/h1-3,7-8H,4-5H2,(H,16,18)(H,20,21)/t7-,8-/m1/s1. The number of hydrogen-bond acceptors (Lipinski definition) is 3. The zero-order valence-electron chi connectivity index (χ0n) is 10.6. The second-order valence-electron chi connectivity index (χ2n) is 4.74. The van der Waals surface area contributed by atoms with Crippen LogP contribution in [0.2, 0.25) is 0 Å². The minimum Gasteiger partial charge on any atom is -0.481 e. The summed E-state index contributed by atoms with van der Waals surface area (Å²) in [5, 5.41) is 8.87. The maximum absolute atomic E-state index is 12.8. The highest BCUT2D eigenvalue weighted by Gasteiger charge is 2.53. The van der Waals surface area contributed by atoms with Crippen LogP contribution in [0.5, 0.6) is 0 Å². The van der Waals surface area contributed by atoms with Gasteiger partial charge in [-0.25, -0.2) is 0 Å². The molecule has 6 nitrogen and oxygen atoms in total. The Balaban J connectivity index is 2.25. The minimum atomic E-state index is -4.70. The van der Waals surface area contributed by atoms with E-state index in [-0.39, 0.29) is 5.56 Å². The second kappa shape index (κ2) is 5.23. The van der Waals surface area contributed by atoms with Gasteiger partial charge in [-0.2, -0.15) is 13.2 Å². The summed E-state index contributed by atoms with van der Waals surface area (Å²) < 4.78 is 38.5. The van der Waals surface area contributed by atoms with E-state index >= 15 is 0 Å². The molecule has 2 atom stereocenters. The van der Waals surface area contributed by atoms with Crippen LogP contribution in [0, 0.1) is 11.8 Å². The summed E-state index contributed by atoms with van der Waals surface area (Å²) >= 11 is 0. The number of nitrogens with zero attached hydrogens (tertiary/aromatic N) is 1. The Bertz CT molecular complexity index is 625. The summed E-state index contributed by atoms with van der Waals surface area (Å²) in [6.07, 6.45) is -3.51. The third-order valence-corrected chi connectivity index (χ3v) is 3.37. The first kappa shape index (κ1) is 15.1. The zero-order chi connectivity index (χ0) is 15.8. The number of carbonyl (C=O) groups excluding carboxylic acids is 1. The molecule has 1 saturated heterocycles. The lowest BCUT2D eigenvalue weighted by Crippen LogP contribution is -2.34. The van der Waals surface area contributed by atoms with Crippen molar-refractivity contribution < 1.29 is 27.9 Å². The van der Waals surface area contributed by atoms with Crippen molar-refractivity contribution in [3.8, 4) is 0 Å². The molecular weight excluding hydrogens is 293 g/mol. The molecule has 21 heavy (non-hydrogen) atoms. The lowest BCUT2D eigenvalue weighted by molar-refractivity contribution is -0.187. The Kier molecular flexibility index (Phi) is 3.75. The number of likely N-dealkylation sites (tertiary alicyclic amines) is 1. The highest BCUT2D eigenvalue weighted by Crippen LogP contribution is 2.38. The van der Waals surface area contributed by atoms with Crippen LogP contribution in [0.25, 0.3) is 0 Å². The van der Waals surface area contributed by atoms with Gasteiger partial charge in [0.15, 0.2) is 0 Å². The number of carboxylic acids is 1. The van der Waals surface area contributed by atoms with E-state index in [2.05, 4.69) is 4.98 Å². The summed E-state index contributed by atoms with van der Waals surface area (Å²) in [5.41, 5.74) is -0.645. The Morgan fingerprint density at radius 3 is 2.48 bits per heavy atom. The SMILES string of the molecule is O=C(O)[C@@H]1CN(C(=O)c2cc[nH]c(=O)c2)C[C@H]1C(F)(F)F. The van der Waals surface area contributed by atoms with Crippen molar-refractivity contribution in [2.75, 3.05) is 13.1 Å². The van der Waals surface area contributed by atoms with Gasteiger partial charge in [0, 0.05) is 30.9 Å². The van der Waals surface area contributed by atoms with E-state index in [1.165, 1.54) is 12.3 Å². The number of amides is 1. The Hall–Kier alpha value is -2.32. The van der Waals surface area contributed by atoms with E-state index < -0.39 is 48.5 Å². The number of rotatable bonds is 2. The fourth-order valence-corrected chi connectivity index (χ4v) is 2.31. The molecule has 2 heterocycles. The first-order chi connectivity index (χ1) is 9.70. The molecule has 1 aliphatic heterocycles. The molecular formula is C12H11F3N2O4. The molecule has 0 bridgehead atoms. The Morgan fingerprint density at radius 1 is 1.33 bits per heavy atom. The number of hydrogen-bond donors (Lipinski definition) is 2. The van der Waals surface area contributed by atoms with Crippen molar-refractivity contribution in [1.29, 1.82) is 0 Å². The molecule has 1 aromatic rings. The molecule has 0 unspecified atom stereocenters. The molecule has 0 radical (unpaired) electrons. The van der Waals surface area contributed by atoms with Crippen molar-refractivity contribution in [3.63, 3.8) is 0 Å². The molecule has 0 saturated carbocycles. The average Bonchev–Trinajstić information content (AvgIpc) is 2.83. The number of aromatic amines is 1. The van der Waals surface area contributed by atoms with Gasteiger partial charge in [0.2, 0.25) is 5.56 Å². The highest BCUT2D eigenvalue weighted by molar-refractivity contribution is 5.94. The quantitative estimate of drug-likeness (QED) is 0.842. The maximum atomic E-state index is 12.8. The van der Waals surface area contributed by atoms with Crippen LogP contribution >= 0.6 is 0 Å². The fraction of sp³-hybridized carbons (Fsp3) is 0.417. The number of aromatic nitrogens is 1. The number of nitrogens with one attached hydrogen (secondary N) is 1. The smallest absolute Gasteiger partial charge is 0.394 e. The van der Waals surface area contributed by atoms with Gasteiger partial charge in [-0.05, 0) is 6.07 Å². The summed E-state index contributed by atoms with van der Waals surface area (Å²) in [5.74, 6) is -6.20. The average molecular weight is 304 g/mol. The third kappa shape index (κ3) is 3.06. The number of halogens is 3. The van der Waals surface area contributed by atoms with Gasteiger partial charge in [0.25, 0.3) is 5.91 Å². The first-order valence-corrected chi connectivity index (χ1v) is 5.97. The summed E-state index contributed by atoms with van der Waals surface area (Å²) in [7, 11) is 0. The predicted octanol–water partition coefficient (Wildman–Crippen LogP) is 0.710. The van der Waals surface area contributed by atoms with Crippen LogP contribution < -0.4 is 5.56 Å². The largest absolute Gasteiger partial charge is 0.481 e. The molecule has 1 aliphatic rings. The fourth-order valence-electron chi connectivity index (χ4n) is 2.31. The number of H-pyrrole nitrogens is 1. The van der Waals surface area contributed by atoms with Crippen molar-refractivity contribution in [2.45, 2.75) is 6.18 Å². The van der Waals surface area contributed by atoms with Gasteiger partial charge in [-0.1, -0.05) is 0 Å². The predicted molar refractivity (Wildman–Crippen MR) is 63.6 cm³/mol. The summed E-state index contributed by atoms with van der Waals surface area (Å²) in [6.45, 7) is -1.27. The molecule has 1 fully saturated rings. The lowest BCUT2D eigenvalue weighted by atomic mass is 9.96. The van der Waals surface area contributed by atoms with E-state index in [1.807, 2.05) is 0 Å². The van der Waals surface area contributed by atoms with Crippen LogP contribution in [-0.4, -0.2) is 46.1 Å². The van der Waals surface area contributed by atoms with E-state index in [0.717, 1.165) is 11.0 Å². The van der Waals surface area contributed by atoms with Crippen molar-refractivity contribution in [1.82, 2.24) is 9.88 Å². The van der Waals surface area contributed by atoms with Crippen LogP contribution in [0.15, 0.2) is 23.1 Å². The number of carboxylic acid groups (broad SMARTS) is 1. The van der Waals surface area contributed by atoms with Gasteiger partial charge < -0.3 is 15.0 Å². The van der Waals surface area contributed by atoms with Crippen LogP contribution in [-0.2, 0) is 4.79 Å². The second-order valence-corrected chi connectivity index (χ2v) is 4.74. The third-order valence-electron chi connectivity index (χ3n) is 3.37. The lowest BCUT2D eigenvalue weighted by Gasteiger charge is -2.18. The van der Waals surface area contributed by atoms with Gasteiger partial charge >= 0.3 is 12.1 Å². The van der Waals surface area contributed by atoms with Crippen molar-refractivity contribution in [2.24, 2.45) is 11.8 Å². The summed E-state index contributed by atoms with van der Waals surface area (Å²) in [6, 6.07) is 2.21. The monoisotopic (exact) mass is 304 g/mol. The zero-order valence-corrected chi connectivity index (χ0v) is 10.6. The Labute approximate surface area is 116 Å². The molecule has 1 aromatic heterocycles. The van der Waals surface area contributed by atoms with Gasteiger partial charge in [-0.3, -0.25) is 14.4 Å². The molecule has 114 valence electrons. The molecule has 2 rings (SSSR count). The number of alkyl halides is 3. The number of carbonyl (C=O) groups is 2. The van der Waals surface area contributed by atoms with E-state index in [0.29, 0.717) is 0 Å². The number of pyridine rings is 1. The number of aliphatic carboxylic acids is 1. The molecule has 1 amide bonds.